The Labute approximate surface area is 144 Å². The predicted molar refractivity (Wildman–Crippen MR) is 87.9 cm³/mol. The van der Waals surface area contributed by atoms with E-state index >= 15 is 0 Å². The lowest BCUT2D eigenvalue weighted by Crippen LogP contribution is -2.58. The van der Waals surface area contributed by atoms with Gasteiger partial charge in [0.25, 0.3) is 0 Å². The number of amides is 3. The van der Waals surface area contributed by atoms with Crippen molar-refractivity contribution in [1.29, 1.82) is 0 Å². The van der Waals surface area contributed by atoms with E-state index in [1.807, 2.05) is 0 Å². The van der Waals surface area contributed by atoms with Gasteiger partial charge in [0.1, 0.15) is 17.6 Å². The molecule has 25 heavy (non-hydrogen) atoms. The minimum atomic E-state index is -0.497. The van der Waals surface area contributed by atoms with E-state index in [1.165, 1.54) is 17.0 Å². The number of aromatic nitrogens is 1. The molecule has 0 radical (unpaired) electrons. The van der Waals surface area contributed by atoms with Gasteiger partial charge in [0, 0.05) is 31.8 Å². The number of urea groups is 1. The van der Waals surface area contributed by atoms with E-state index in [9.17, 15) is 14.0 Å². The predicted octanol–water partition coefficient (Wildman–Crippen LogP) is 1.85. The lowest BCUT2D eigenvalue weighted by molar-refractivity contribution is -0.137. The first-order valence-corrected chi connectivity index (χ1v) is 7.96. The van der Waals surface area contributed by atoms with Crippen LogP contribution in [0.5, 0.6) is 0 Å². The molecule has 7 nitrogen and oxygen atoms in total. The number of carbonyl (C=O) groups is 2. The summed E-state index contributed by atoms with van der Waals surface area (Å²) in [5.41, 5.74) is 1.29. The van der Waals surface area contributed by atoms with Crippen LogP contribution in [0.1, 0.15) is 12.7 Å². The zero-order chi connectivity index (χ0) is 18.0. The standard InChI is InChI=1S/C17H19FN4O3/c1-11-16(23)21(2)7-8-22(11)17(24)19-10-14-9-15(20-25-14)12-3-5-13(18)6-4-12/h3-6,9,11H,7-8,10H2,1-2H3,(H,19,24)/t11-/m1/s1. The Kier molecular flexibility index (Phi) is 4.69. The maximum atomic E-state index is 13.0. The first kappa shape index (κ1) is 16.9. The zero-order valence-corrected chi connectivity index (χ0v) is 14.0. The fourth-order valence-electron chi connectivity index (χ4n) is 2.71. The van der Waals surface area contributed by atoms with Gasteiger partial charge in [0.15, 0.2) is 5.76 Å². The number of nitrogens with one attached hydrogen (secondary N) is 1. The van der Waals surface area contributed by atoms with Crippen LogP contribution in [0, 0.1) is 5.82 Å². The van der Waals surface area contributed by atoms with Crippen molar-refractivity contribution in [3.05, 3.63) is 41.9 Å². The van der Waals surface area contributed by atoms with Crippen LogP contribution in [0.2, 0.25) is 0 Å². The molecule has 1 N–H and O–H groups in total. The minimum Gasteiger partial charge on any atom is -0.359 e. The van der Waals surface area contributed by atoms with Crippen molar-refractivity contribution >= 4 is 11.9 Å². The molecular formula is C17H19FN4O3. The molecule has 1 aliphatic rings. The number of benzene rings is 1. The molecule has 8 heteroatoms. The van der Waals surface area contributed by atoms with E-state index in [1.54, 1.807) is 37.1 Å². The highest BCUT2D eigenvalue weighted by molar-refractivity contribution is 5.87. The molecule has 2 heterocycles. The molecule has 132 valence electrons. The average Bonchev–Trinajstić information content (AvgIpc) is 3.07. The van der Waals surface area contributed by atoms with Gasteiger partial charge in [-0.2, -0.15) is 0 Å². The fraction of sp³-hybridized carbons (Fsp3) is 0.353. The molecule has 0 unspecified atom stereocenters. The summed E-state index contributed by atoms with van der Waals surface area (Å²) in [5.74, 6) is 0.0658. The lowest BCUT2D eigenvalue weighted by Gasteiger charge is -2.37. The molecular weight excluding hydrogens is 327 g/mol. The maximum absolute atomic E-state index is 13.0. The second-order valence-corrected chi connectivity index (χ2v) is 5.97. The number of piperazine rings is 1. The summed E-state index contributed by atoms with van der Waals surface area (Å²) in [6, 6.07) is 6.76. The van der Waals surface area contributed by atoms with Crippen LogP contribution in [0.15, 0.2) is 34.9 Å². The molecule has 1 aromatic carbocycles. The van der Waals surface area contributed by atoms with Crippen LogP contribution >= 0.6 is 0 Å². The fourth-order valence-corrected chi connectivity index (χ4v) is 2.71. The SMILES string of the molecule is C[C@@H]1C(=O)N(C)CCN1C(=O)NCc1cc(-c2ccc(F)cc2)no1. The van der Waals surface area contributed by atoms with Gasteiger partial charge in [0.2, 0.25) is 5.91 Å². The summed E-state index contributed by atoms with van der Waals surface area (Å²) in [7, 11) is 1.72. The number of hydrogen-bond acceptors (Lipinski definition) is 4. The monoisotopic (exact) mass is 346 g/mol. The van der Waals surface area contributed by atoms with E-state index in [0.29, 0.717) is 24.5 Å². The van der Waals surface area contributed by atoms with Crippen LogP contribution in [0.25, 0.3) is 11.3 Å². The number of rotatable bonds is 3. The first-order chi connectivity index (χ1) is 12.0. The third kappa shape index (κ3) is 3.62. The van der Waals surface area contributed by atoms with Crippen molar-refractivity contribution in [2.24, 2.45) is 0 Å². The lowest BCUT2D eigenvalue weighted by atomic mass is 10.1. The number of halogens is 1. The Morgan fingerprint density at radius 2 is 2.08 bits per heavy atom. The van der Waals surface area contributed by atoms with E-state index < -0.39 is 6.04 Å². The molecule has 1 atom stereocenters. The second kappa shape index (κ2) is 6.92. The van der Waals surface area contributed by atoms with Crippen LogP contribution in [-0.2, 0) is 11.3 Å². The van der Waals surface area contributed by atoms with Crippen LogP contribution in [-0.4, -0.2) is 53.1 Å². The highest BCUT2D eigenvalue weighted by Crippen LogP contribution is 2.19. The smallest absolute Gasteiger partial charge is 0.318 e. The van der Waals surface area contributed by atoms with Gasteiger partial charge >= 0.3 is 6.03 Å². The summed E-state index contributed by atoms with van der Waals surface area (Å²) in [4.78, 5) is 27.3. The number of hydrogen-bond donors (Lipinski definition) is 1. The normalized spacial score (nSPS) is 17.7. The summed E-state index contributed by atoms with van der Waals surface area (Å²) >= 11 is 0. The van der Waals surface area contributed by atoms with E-state index in [0.717, 1.165) is 5.56 Å². The molecule has 1 saturated heterocycles. The van der Waals surface area contributed by atoms with E-state index in [4.69, 9.17) is 4.52 Å². The molecule has 3 rings (SSSR count). The van der Waals surface area contributed by atoms with E-state index in [2.05, 4.69) is 10.5 Å². The summed E-state index contributed by atoms with van der Waals surface area (Å²) in [5, 5.41) is 6.65. The summed E-state index contributed by atoms with van der Waals surface area (Å²) in [6.07, 6.45) is 0. The topological polar surface area (TPSA) is 78.7 Å². The molecule has 0 aliphatic carbocycles. The third-order valence-corrected chi connectivity index (χ3v) is 4.25. The second-order valence-electron chi connectivity index (χ2n) is 5.97. The minimum absolute atomic E-state index is 0.0836. The summed E-state index contributed by atoms with van der Waals surface area (Å²) in [6.45, 7) is 2.85. The molecule has 1 aromatic heterocycles. The van der Waals surface area contributed by atoms with Crippen molar-refractivity contribution in [1.82, 2.24) is 20.3 Å². The highest BCUT2D eigenvalue weighted by atomic mass is 19.1. The maximum Gasteiger partial charge on any atom is 0.318 e. The number of likely N-dealkylation sites (N-methyl/N-ethyl adjacent to an activating group) is 1. The quantitative estimate of drug-likeness (QED) is 0.920. The molecule has 0 spiro atoms. The molecule has 0 saturated carbocycles. The molecule has 1 aliphatic heterocycles. The number of carbonyl (C=O) groups excluding carboxylic acids is 2. The van der Waals surface area contributed by atoms with Crippen molar-refractivity contribution in [3.63, 3.8) is 0 Å². The molecule has 1 fully saturated rings. The van der Waals surface area contributed by atoms with Crippen molar-refractivity contribution in [2.45, 2.75) is 19.5 Å². The van der Waals surface area contributed by atoms with E-state index in [-0.39, 0.29) is 24.3 Å². The van der Waals surface area contributed by atoms with Gasteiger partial charge in [0.05, 0.1) is 6.54 Å². The van der Waals surface area contributed by atoms with Crippen LogP contribution in [0.4, 0.5) is 9.18 Å². The van der Waals surface area contributed by atoms with Crippen molar-refractivity contribution in [3.8, 4) is 11.3 Å². The van der Waals surface area contributed by atoms with Crippen molar-refractivity contribution < 1.29 is 18.5 Å². The molecule has 0 bridgehead atoms. The van der Waals surface area contributed by atoms with Crippen LogP contribution in [0.3, 0.4) is 0 Å². The van der Waals surface area contributed by atoms with Gasteiger partial charge in [-0.05, 0) is 31.2 Å². The third-order valence-electron chi connectivity index (χ3n) is 4.25. The van der Waals surface area contributed by atoms with Gasteiger partial charge in [-0.1, -0.05) is 5.16 Å². The van der Waals surface area contributed by atoms with Crippen LogP contribution < -0.4 is 5.32 Å². The van der Waals surface area contributed by atoms with Gasteiger partial charge < -0.3 is 19.6 Å². The zero-order valence-electron chi connectivity index (χ0n) is 14.0. The number of nitrogens with zero attached hydrogens (tertiary/aromatic N) is 3. The van der Waals surface area contributed by atoms with Gasteiger partial charge in [-0.3, -0.25) is 4.79 Å². The Morgan fingerprint density at radius 3 is 2.80 bits per heavy atom. The average molecular weight is 346 g/mol. The molecule has 3 amide bonds. The Morgan fingerprint density at radius 1 is 1.36 bits per heavy atom. The van der Waals surface area contributed by atoms with Crippen molar-refractivity contribution in [2.75, 3.05) is 20.1 Å². The Hall–Kier alpha value is -2.90. The summed E-state index contributed by atoms with van der Waals surface area (Å²) < 4.78 is 18.2. The van der Waals surface area contributed by atoms with Gasteiger partial charge in [-0.25, -0.2) is 9.18 Å². The van der Waals surface area contributed by atoms with Gasteiger partial charge in [-0.15, -0.1) is 0 Å². The Balaban J connectivity index is 1.59. The first-order valence-electron chi connectivity index (χ1n) is 7.96. The molecule has 2 aromatic rings. The highest BCUT2D eigenvalue weighted by Gasteiger charge is 2.32. The Bertz CT molecular complexity index is 774. The largest absolute Gasteiger partial charge is 0.359 e.